The Bertz CT molecular complexity index is 922. The number of carbonyl (C=O) groups is 3. The number of likely N-dealkylation sites (N-methyl/N-ethyl adjacent to an activating group) is 1. The average molecular weight is 378 g/mol. The summed E-state index contributed by atoms with van der Waals surface area (Å²) < 4.78 is 0. The maximum Gasteiger partial charge on any atom is 0.261 e. The molecule has 1 heterocycles. The predicted molar refractivity (Wildman–Crippen MR) is 106 cm³/mol. The van der Waals surface area contributed by atoms with Crippen molar-refractivity contribution < 1.29 is 19.3 Å². The summed E-state index contributed by atoms with van der Waals surface area (Å²) >= 11 is 0. The average Bonchev–Trinajstić information content (AvgIpc) is 2.92. The number of nitrogens with one attached hydrogen (secondary N) is 2. The molecule has 1 atom stereocenters. The first-order valence-corrected chi connectivity index (χ1v) is 9.18. The van der Waals surface area contributed by atoms with Gasteiger partial charge in [0.1, 0.15) is 12.6 Å². The van der Waals surface area contributed by atoms with Gasteiger partial charge in [-0.2, -0.15) is 0 Å². The Kier molecular flexibility index (Phi) is 5.70. The van der Waals surface area contributed by atoms with Crippen LogP contribution in [0.4, 0.5) is 0 Å². The van der Waals surface area contributed by atoms with Crippen molar-refractivity contribution in [2.24, 2.45) is 0 Å². The SMILES string of the molecule is C=CCN1C(=O)c2ccc(C(=O)N[C@@H](C[NH+](C)C)c3ccccc3)cc2C1=O. The third-order valence-corrected chi connectivity index (χ3v) is 4.66. The molecule has 2 N–H and O–H groups in total. The van der Waals surface area contributed by atoms with Gasteiger partial charge in [-0.05, 0) is 23.8 Å². The summed E-state index contributed by atoms with van der Waals surface area (Å²) in [6.07, 6.45) is 1.50. The Morgan fingerprint density at radius 1 is 1.11 bits per heavy atom. The third-order valence-electron chi connectivity index (χ3n) is 4.66. The molecule has 28 heavy (non-hydrogen) atoms. The van der Waals surface area contributed by atoms with E-state index in [0.717, 1.165) is 10.5 Å². The maximum atomic E-state index is 12.9. The summed E-state index contributed by atoms with van der Waals surface area (Å²) in [6.45, 7) is 4.44. The molecular weight excluding hydrogens is 354 g/mol. The second-order valence-corrected chi connectivity index (χ2v) is 7.12. The molecule has 0 aromatic heterocycles. The van der Waals surface area contributed by atoms with Crippen LogP contribution in [0.5, 0.6) is 0 Å². The minimum atomic E-state index is -0.396. The van der Waals surface area contributed by atoms with E-state index in [1.165, 1.54) is 17.0 Å². The fourth-order valence-electron chi connectivity index (χ4n) is 3.31. The van der Waals surface area contributed by atoms with Crippen LogP contribution in [-0.2, 0) is 0 Å². The summed E-state index contributed by atoms with van der Waals surface area (Å²) in [4.78, 5) is 40.0. The highest BCUT2D eigenvalue weighted by molar-refractivity contribution is 6.22. The quantitative estimate of drug-likeness (QED) is 0.560. The van der Waals surface area contributed by atoms with Gasteiger partial charge >= 0.3 is 0 Å². The largest absolute Gasteiger partial charge is 0.340 e. The molecule has 0 fully saturated rings. The molecule has 6 nitrogen and oxygen atoms in total. The van der Waals surface area contributed by atoms with Crippen LogP contribution in [0, 0.1) is 0 Å². The molecule has 0 radical (unpaired) electrons. The van der Waals surface area contributed by atoms with E-state index in [1.807, 2.05) is 44.4 Å². The lowest BCUT2D eigenvalue weighted by atomic mass is 10.0. The molecule has 0 spiro atoms. The molecule has 3 amide bonds. The van der Waals surface area contributed by atoms with E-state index in [1.54, 1.807) is 12.1 Å². The third kappa shape index (κ3) is 3.87. The van der Waals surface area contributed by atoms with Crippen molar-refractivity contribution in [3.8, 4) is 0 Å². The number of imide groups is 1. The first-order chi connectivity index (χ1) is 13.4. The molecule has 2 aromatic rings. The van der Waals surface area contributed by atoms with Crippen LogP contribution in [0.15, 0.2) is 61.2 Å². The van der Waals surface area contributed by atoms with Crippen LogP contribution in [0.3, 0.4) is 0 Å². The van der Waals surface area contributed by atoms with Crippen molar-refractivity contribution in [2.45, 2.75) is 6.04 Å². The van der Waals surface area contributed by atoms with Crippen LogP contribution in [0.2, 0.25) is 0 Å². The van der Waals surface area contributed by atoms with Crippen molar-refractivity contribution in [3.05, 3.63) is 83.4 Å². The minimum absolute atomic E-state index is 0.148. The van der Waals surface area contributed by atoms with Gasteiger partial charge in [0.2, 0.25) is 0 Å². The van der Waals surface area contributed by atoms with Crippen LogP contribution in [0.1, 0.15) is 42.7 Å². The Morgan fingerprint density at radius 2 is 1.79 bits per heavy atom. The van der Waals surface area contributed by atoms with Crippen molar-refractivity contribution in [1.82, 2.24) is 10.2 Å². The topological polar surface area (TPSA) is 70.9 Å². The van der Waals surface area contributed by atoms with E-state index in [9.17, 15) is 14.4 Å². The van der Waals surface area contributed by atoms with Crippen LogP contribution < -0.4 is 10.2 Å². The molecule has 0 aliphatic carbocycles. The molecule has 1 aliphatic heterocycles. The van der Waals surface area contributed by atoms with E-state index < -0.39 is 5.91 Å². The zero-order valence-electron chi connectivity index (χ0n) is 16.1. The number of hydrogen-bond acceptors (Lipinski definition) is 3. The highest BCUT2D eigenvalue weighted by Crippen LogP contribution is 2.24. The maximum absolute atomic E-state index is 12.9. The monoisotopic (exact) mass is 378 g/mol. The number of fused-ring (bicyclic) bond motifs is 1. The number of amides is 3. The lowest BCUT2D eigenvalue weighted by Crippen LogP contribution is -3.06. The van der Waals surface area contributed by atoms with Crippen LogP contribution >= 0.6 is 0 Å². The van der Waals surface area contributed by atoms with Crippen LogP contribution in [-0.4, -0.2) is 49.8 Å². The second-order valence-electron chi connectivity index (χ2n) is 7.12. The van der Waals surface area contributed by atoms with Gasteiger partial charge in [0.05, 0.1) is 25.2 Å². The van der Waals surface area contributed by atoms with Gasteiger partial charge in [-0.3, -0.25) is 19.3 Å². The Balaban J connectivity index is 1.84. The molecular formula is C22H24N3O3+. The number of nitrogens with zero attached hydrogens (tertiary/aromatic N) is 1. The number of hydrogen-bond donors (Lipinski definition) is 2. The van der Waals surface area contributed by atoms with Gasteiger partial charge in [-0.1, -0.05) is 36.4 Å². The lowest BCUT2D eigenvalue weighted by Gasteiger charge is -2.21. The van der Waals surface area contributed by atoms with Gasteiger partial charge in [-0.25, -0.2) is 0 Å². The van der Waals surface area contributed by atoms with Crippen molar-refractivity contribution in [2.75, 3.05) is 27.2 Å². The summed E-state index contributed by atoms with van der Waals surface area (Å²) in [7, 11) is 4.05. The molecule has 0 bridgehead atoms. The fraction of sp³-hybridized carbons (Fsp3) is 0.227. The molecule has 0 saturated carbocycles. The Morgan fingerprint density at radius 3 is 2.43 bits per heavy atom. The smallest absolute Gasteiger partial charge is 0.261 e. The number of benzene rings is 2. The number of rotatable bonds is 7. The van der Waals surface area contributed by atoms with E-state index in [2.05, 4.69) is 11.9 Å². The molecule has 0 unspecified atom stereocenters. The normalized spacial score (nSPS) is 14.2. The summed E-state index contributed by atoms with van der Waals surface area (Å²) in [5, 5.41) is 3.05. The number of carbonyl (C=O) groups excluding carboxylic acids is 3. The highest BCUT2D eigenvalue weighted by atomic mass is 16.2. The molecule has 0 saturated heterocycles. The first kappa shape index (κ1) is 19.5. The second kappa shape index (κ2) is 8.19. The predicted octanol–water partition coefficient (Wildman–Crippen LogP) is 1.08. The summed E-state index contributed by atoms with van der Waals surface area (Å²) in [5.41, 5.74) is 1.95. The van der Waals surface area contributed by atoms with Gasteiger partial charge in [0, 0.05) is 12.1 Å². The zero-order chi connectivity index (χ0) is 20.3. The van der Waals surface area contributed by atoms with Gasteiger partial charge < -0.3 is 10.2 Å². The number of quaternary nitrogens is 1. The van der Waals surface area contributed by atoms with E-state index in [4.69, 9.17) is 0 Å². The lowest BCUT2D eigenvalue weighted by molar-refractivity contribution is -0.860. The van der Waals surface area contributed by atoms with Gasteiger partial charge in [-0.15, -0.1) is 6.58 Å². The zero-order valence-corrected chi connectivity index (χ0v) is 16.1. The minimum Gasteiger partial charge on any atom is -0.340 e. The highest BCUT2D eigenvalue weighted by Gasteiger charge is 2.35. The van der Waals surface area contributed by atoms with Gasteiger partial charge in [0.25, 0.3) is 17.7 Å². The Labute approximate surface area is 164 Å². The van der Waals surface area contributed by atoms with Gasteiger partial charge in [0.15, 0.2) is 0 Å². The van der Waals surface area contributed by atoms with Crippen LogP contribution in [0.25, 0.3) is 0 Å². The van der Waals surface area contributed by atoms with Crippen molar-refractivity contribution in [1.29, 1.82) is 0 Å². The molecule has 3 rings (SSSR count). The molecule has 1 aliphatic rings. The summed E-state index contributed by atoms with van der Waals surface area (Å²) in [5.74, 6) is -1.03. The van der Waals surface area contributed by atoms with E-state index in [0.29, 0.717) is 17.7 Å². The molecule has 144 valence electrons. The van der Waals surface area contributed by atoms with Crippen molar-refractivity contribution >= 4 is 17.7 Å². The van der Waals surface area contributed by atoms with E-state index >= 15 is 0 Å². The molecule has 6 heteroatoms. The Hall–Kier alpha value is -3.25. The first-order valence-electron chi connectivity index (χ1n) is 9.18. The van der Waals surface area contributed by atoms with Crippen molar-refractivity contribution in [3.63, 3.8) is 0 Å². The molecule has 2 aromatic carbocycles. The standard InChI is InChI=1S/C22H23N3O3/c1-4-12-25-21(27)17-11-10-16(13-18(17)22(25)28)20(26)23-19(14-24(2)3)15-8-6-5-7-9-15/h4-11,13,19H,1,12,14H2,2-3H3,(H,23,26)/p+1/t19-/m0/s1. The summed E-state index contributed by atoms with van der Waals surface area (Å²) in [6, 6.07) is 14.2. The fourth-order valence-corrected chi connectivity index (χ4v) is 3.31. The van der Waals surface area contributed by atoms with E-state index in [-0.39, 0.29) is 30.0 Å².